The molecule has 0 aromatic heterocycles. The van der Waals surface area contributed by atoms with Crippen molar-refractivity contribution in [2.45, 2.75) is 47.0 Å². The van der Waals surface area contributed by atoms with Crippen LogP contribution in [0.3, 0.4) is 0 Å². The molecule has 0 aliphatic rings. The molecule has 0 heterocycles. The first-order valence-corrected chi connectivity index (χ1v) is 5.50. The molecular formula is C14H23F. The highest BCUT2D eigenvalue weighted by molar-refractivity contribution is 5.16. The maximum atomic E-state index is 12.9. The molecule has 0 aliphatic carbocycles. The third-order valence-corrected chi connectivity index (χ3v) is 2.88. The van der Waals surface area contributed by atoms with Crippen LogP contribution in [0.25, 0.3) is 0 Å². The summed E-state index contributed by atoms with van der Waals surface area (Å²) in [6.07, 6.45) is 4.64. The van der Waals surface area contributed by atoms with Crippen molar-refractivity contribution >= 4 is 0 Å². The summed E-state index contributed by atoms with van der Waals surface area (Å²) in [6.45, 7) is 4.44. The Bertz CT molecular complexity index is 264. The van der Waals surface area contributed by atoms with Crippen LogP contribution in [0.1, 0.15) is 46.1 Å². The number of hydrogen-bond donors (Lipinski definition) is 0. The Morgan fingerprint density at radius 2 is 1.87 bits per heavy atom. The molecule has 0 unspecified atom stereocenters. The predicted octanol–water partition coefficient (Wildman–Crippen LogP) is 4.83. The Labute approximate surface area is 93.5 Å². The third kappa shape index (κ3) is 4.96. The fraction of sp³-hybridized carbons (Fsp3) is 0.571. The summed E-state index contributed by atoms with van der Waals surface area (Å²) in [4.78, 5) is 0. The zero-order chi connectivity index (χ0) is 10.4. The summed E-state index contributed by atoms with van der Waals surface area (Å²) < 4.78 is 12.9. The van der Waals surface area contributed by atoms with Gasteiger partial charge < -0.3 is 0 Å². The SMILES string of the molecule is C.CCC(CC)CCc1cccc(F)c1. The predicted molar refractivity (Wildman–Crippen MR) is 65.5 cm³/mol. The summed E-state index contributed by atoms with van der Waals surface area (Å²) in [7, 11) is 0. The van der Waals surface area contributed by atoms with Gasteiger partial charge in [0.15, 0.2) is 0 Å². The van der Waals surface area contributed by atoms with Crippen molar-refractivity contribution in [3.05, 3.63) is 35.6 Å². The molecule has 1 heteroatoms. The Morgan fingerprint density at radius 3 is 2.40 bits per heavy atom. The van der Waals surface area contributed by atoms with Crippen LogP contribution in [-0.4, -0.2) is 0 Å². The molecule has 0 saturated carbocycles. The van der Waals surface area contributed by atoms with Gasteiger partial charge in [0.05, 0.1) is 0 Å². The van der Waals surface area contributed by atoms with Crippen molar-refractivity contribution in [1.82, 2.24) is 0 Å². The summed E-state index contributed by atoms with van der Waals surface area (Å²) in [5.74, 6) is 0.672. The van der Waals surface area contributed by atoms with Crippen molar-refractivity contribution in [1.29, 1.82) is 0 Å². The van der Waals surface area contributed by atoms with E-state index in [1.807, 2.05) is 6.07 Å². The first kappa shape index (κ1) is 14.2. The molecule has 0 amide bonds. The van der Waals surface area contributed by atoms with Crippen LogP contribution in [0.5, 0.6) is 0 Å². The van der Waals surface area contributed by atoms with Crippen LogP contribution in [-0.2, 0) is 6.42 Å². The molecule has 0 N–H and O–H groups in total. The van der Waals surface area contributed by atoms with Gasteiger partial charge >= 0.3 is 0 Å². The van der Waals surface area contributed by atoms with Gasteiger partial charge in [0.2, 0.25) is 0 Å². The Hall–Kier alpha value is -0.850. The first-order valence-electron chi connectivity index (χ1n) is 5.50. The second-order valence-electron chi connectivity index (χ2n) is 3.85. The number of aryl methyl sites for hydroxylation is 1. The van der Waals surface area contributed by atoms with Crippen molar-refractivity contribution in [2.24, 2.45) is 5.92 Å². The molecule has 0 spiro atoms. The van der Waals surface area contributed by atoms with Gasteiger partial charge in [-0.25, -0.2) is 4.39 Å². The van der Waals surface area contributed by atoms with Crippen LogP contribution in [0.2, 0.25) is 0 Å². The van der Waals surface area contributed by atoms with Crippen LogP contribution < -0.4 is 0 Å². The van der Waals surface area contributed by atoms with E-state index in [9.17, 15) is 4.39 Å². The second-order valence-corrected chi connectivity index (χ2v) is 3.85. The van der Waals surface area contributed by atoms with E-state index < -0.39 is 0 Å². The third-order valence-electron chi connectivity index (χ3n) is 2.88. The highest BCUT2D eigenvalue weighted by Crippen LogP contribution is 2.16. The van der Waals surface area contributed by atoms with E-state index in [1.165, 1.54) is 25.3 Å². The maximum absolute atomic E-state index is 12.9. The first-order chi connectivity index (χ1) is 6.76. The smallest absolute Gasteiger partial charge is 0.123 e. The summed E-state index contributed by atoms with van der Waals surface area (Å²) in [6, 6.07) is 6.94. The summed E-state index contributed by atoms with van der Waals surface area (Å²) in [5.41, 5.74) is 1.12. The fourth-order valence-electron chi connectivity index (χ4n) is 1.76. The standard InChI is InChI=1S/C13H19F.CH4/c1-3-11(4-2)8-9-12-6-5-7-13(14)10-12;/h5-7,10-11H,3-4,8-9H2,1-2H3;1H4. The topological polar surface area (TPSA) is 0 Å². The van der Waals surface area contributed by atoms with E-state index in [1.54, 1.807) is 12.1 Å². The van der Waals surface area contributed by atoms with Gasteiger partial charge in [-0.1, -0.05) is 46.2 Å². The van der Waals surface area contributed by atoms with Crippen LogP contribution in [0.15, 0.2) is 24.3 Å². The minimum absolute atomic E-state index is 0. The number of benzene rings is 1. The van der Waals surface area contributed by atoms with Crippen molar-refractivity contribution < 1.29 is 4.39 Å². The molecule has 0 fully saturated rings. The normalized spacial score (nSPS) is 10.1. The molecule has 0 bridgehead atoms. The van der Waals surface area contributed by atoms with E-state index in [4.69, 9.17) is 0 Å². The summed E-state index contributed by atoms with van der Waals surface area (Å²) >= 11 is 0. The van der Waals surface area contributed by atoms with Gasteiger partial charge in [-0.3, -0.25) is 0 Å². The molecule has 86 valence electrons. The van der Waals surface area contributed by atoms with E-state index in [2.05, 4.69) is 13.8 Å². The lowest BCUT2D eigenvalue weighted by atomic mass is 9.95. The van der Waals surface area contributed by atoms with E-state index in [0.717, 1.165) is 17.9 Å². The Kier molecular flexibility index (Phi) is 7.02. The van der Waals surface area contributed by atoms with Gasteiger partial charge in [0.1, 0.15) is 5.82 Å². The molecule has 15 heavy (non-hydrogen) atoms. The Balaban J connectivity index is 0.00000196. The van der Waals surface area contributed by atoms with Crippen molar-refractivity contribution in [3.8, 4) is 0 Å². The second kappa shape index (κ2) is 7.44. The quantitative estimate of drug-likeness (QED) is 0.653. The van der Waals surface area contributed by atoms with Gasteiger partial charge in [-0.2, -0.15) is 0 Å². The molecule has 0 nitrogen and oxygen atoms in total. The minimum Gasteiger partial charge on any atom is -0.207 e. The monoisotopic (exact) mass is 210 g/mol. The molecular weight excluding hydrogens is 187 g/mol. The molecule has 1 aromatic carbocycles. The number of rotatable bonds is 5. The van der Waals surface area contributed by atoms with E-state index in [0.29, 0.717) is 0 Å². The zero-order valence-corrected chi connectivity index (χ0v) is 9.09. The van der Waals surface area contributed by atoms with Gasteiger partial charge in [0.25, 0.3) is 0 Å². The van der Waals surface area contributed by atoms with Crippen LogP contribution >= 0.6 is 0 Å². The van der Waals surface area contributed by atoms with Crippen molar-refractivity contribution in [2.75, 3.05) is 0 Å². The van der Waals surface area contributed by atoms with Gasteiger partial charge in [-0.05, 0) is 36.5 Å². The van der Waals surface area contributed by atoms with E-state index in [-0.39, 0.29) is 13.2 Å². The number of halogens is 1. The summed E-state index contributed by atoms with van der Waals surface area (Å²) in [5, 5.41) is 0. The maximum Gasteiger partial charge on any atom is 0.123 e. The lowest BCUT2D eigenvalue weighted by Gasteiger charge is -2.11. The average molecular weight is 210 g/mol. The van der Waals surface area contributed by atoms with E-state index >= 15 is 0 Å². The molecule has 0 radical (unpaired) electrons. The molecule has 0 atom stereocenters. The Morgan fingerprint density at radius 1 is 1.20 bits per heavy atom. The van der Waals surface area contributed by atoms with Crippen LogP contribution in [0, 0.1) is 11.7 Å². The van der Waals surface area contributed by atoms with Crippen molar-refractivity contribution in [3.63, 3.8) is 0 Å². The molecule has 0 aliphatic heterocycles. The average Bonchev–Trinajstić information content (AvgIpc) is 2.19. The molecule has 1 aromatic rings. The largest absolute Gasteiger partial charge is 0.207 e. The highest BCUT2D eigenvalue weighted by atomic mass is 19.1. The lowest BCUT2D eigenvalue weighted by molar-refractivity contribution is 0.456. The lowest BCUT2D eigenvalue weighted by Crippen LogP contribution is -1.99. The van der Waals surface area contributed by atoms with Gasteiger partial charge in [-0.15, -0.1) is 0 Å². The number of hydrogen-bond acceptors (Lipinski definition) is 0. The zero-order valence-electron chi connectivity index (χ0n) is 9.09. The highest BCUT2D eigenvalue weighted by Gasteiger charge is 2.03. The molecule has 1 rings (SSSR count). The molecule has 0 saturated heterocycles. The van der Waals surface area contributed by atoms with Gasteiger partial charge in [0, 0.05) is 0 Å². The minimum atomic E-state index is -0.118. The van der Waals surface area contributed by atoms with Crippen LogP contribution in [0.4, 0.5) is 4.39 Å². The fourth-order valence-corrected chi connectivity index (χ4v) is 1.76.